The summed E-state index contributed by atoms with van der Waals surface area (Å²) in [4.78, 5) is 17.2. The van der Waals surface area contributed by atoms with E-state index in [0.717, 1.165) is 49.4 Å². The number of piperidine rings is 2. The van der Waals surface area contributed by atoms with Gasteiger partial charge in [-0.25, -0.2) is 0 Å². The minimum atomic E-state index is -0.473. The predicted molar refractivity (Wildman–Crippen MR) is 132 cm³/mol. The van der Waals surface area contributed by atoms with Gasteiger partial charge in [0, 0.05) is 31.0 Å². The lowest BCUT2D eigenvalue weighted by Gasteiger charge is -2.67. The molecule has 2 aliphatic carbocycles. The SMILES string of the molecule is CC(C)[C@@H]1CC[C@@]2(C)[C@H]3CC[C@@]45CCC[C@@H]4[C@]2(CCC(=O)[C@@]2(C)CO[C@]4(C)CC[C@H]2O4)[C@@H]1N5C3. The first kappa shape index (κ1) is 22.7. The summed E-state index contributed by atoms with van der Waals surface area (Å²) in [5.41, 5.74) is 0.704. The molecule has 7 rings (SSSR count). The number of Topliss-reactive ketones (excluding diaryl/α,β-unsaturated/α-hetero) is 1. The van der Waals surface area contributed by atoms with Gasteiger partial charge < -0.3 is 9.47 Å². The van der Waals surface area contributed by atoms with Crippen LogP contribution in [0.1, 0.15) is 105 Å². The number of nitrogens with zero attached hydrogens (tertiary/aromatic N) is 1. The Labute approximate surface area is 206 Å². The predicted octanol–water partition coefficient (Wildman–Crippen LogP) is 5.97. The van der Waals surface area contributed by atoms with Crippen molar-refractivity contribution in [2.45, 2.75) is 129 Å². The minimum Gasteiger partial charge on any atom is -0.349 e. The second-order valence-corrected chi connectivity index (χ2v) is 14.7. The third kappa shape index (κ3) is 2.45. The molecule has 190 valence electrons. The van der Waals surface area contributed by atoms with E-state index in [4.69, 9.17) is 9.47 Å². The molecule has 1 spiro atoms. The topological polar surface area (TPSA) is 38.8 Å². The minimum absolute atomic E-state index is 0.0372. The number of ketones is 1. The number of rotatable bonds is 5. The molecule has 7 fully saturated rings. The zero-order chi connectivity index (χ0) is 23.7. The van der Waals surface area contributed by atoms with Crippen LogP contribution in [0.2, 0.25) is 0 Å². The van der Waals surface area contributed by atoms with Crippen molar-refractivity contribution in [2.75, 3.05) is 13.2 Å². The zero-order valence-corrected chi connectivity index (χ0v) is 22.3. The van der Waals surface area contributed by atoms with Gasteiger partial charge in [0.15, 0.2) is 5.79 Å². The Morgan fingerprint density at radius 2 is 1.85 bits per heavy atom. The number of fused-ring (bicyclic) bond motifs is 4. The summed E-state index contributed by atoms with van der Waals surface area (Å²) in [6, 6.07) is 0.697. The van der Waals surface area contributed by atoms with Gasteiger partial charge in [0.05, 0.1) is 18.1 Å². The lowest BCUT2D eigenvalue weighted by molar-refractivity contribution is -0.282. The lowest BCUT2D eigenvalue weighted by Crippen LogP contribution is -2.68. The molecule has 0 aromatic heterocycles. The molecule has 0 radical (unpaired) electrons. The molecule has 0 aromatic carbocycles. The second-order valence-electron chi connectivity index (χ2n) is 14.7. The van der Waals surface area contributed by atoms with Gasteiger partial charge in [0.1, 0.15) is 5.78 Å². The van der Waals surface area contributed by atoms with Gasteiger partial charge in [-0.3, -0.25) is 9.69 Å². The summed E-state index contributed by atoms with van der Waals surface area (Å²) in [6.45, 7) is 13.7. The molecule has 11 atom stereocenters. The van der Waals surface area contributed by atoms with Crippen molar-refractivity contribution in [1.82, 2.24) is 4.90 Å². The van der Waals surface area contributed by atoms with E-state index >= 15 is 0 Å². The molecule has 34 heavy (non-hydrogen) atoms. The molecule has 5 saturated heterocycles. The first-order valence-corrected chi connectivity index (χ1v) is 14.7. The van der Waals surface area contributed by atoms with Crippen molar-refractivity contribution >= 4 is 5.78 Å². The van der Waals surface area contributed by atoms with Crippen molar-refractivity contribution < 1.29 is 14.3 Å². The van der Waals surface area contributed by atoms with E-state index in [-0.39, 0.29) is 6.10 Å². The lowest BCUT2D eigenvalue weighted by atomic mass is 9.42. The number of carbonyl (C=O) groups is 1. The maximum absolute atomic E-state index is 14.1. The van der Waals surface area contributed by atoms with Gasteiger partial charge in [-0.05, 0) is 99.7 Å². The van der Waals surface area contributed by atoms with E-state index in [1.165, 1.54) is 51.5 Å². The van der Waals surface area contributed by atoms with Gasteiger partial charge >= 0.3 is 0 Å². The van der Waals surface area contributed by atoms with Gasteiger partial charge in [-0.2, -0.15) is 0 Å². The molecule has 5 heterocycles. The van der Waals surface area contributed by atoms with Crippen LogP contribution in [0.3, 0.4) is 0 Å². The molecular formula is C30H47NO3. The van der Waals surface area contributed by atoms with Crippen LogP contribution in [0.25, 0.3) is 0 Å². The van der Waals surface area contributed by atoms with E-state index in [1.807, 2.05) is 0 Å². The van der Waals surface area contributed by atoms with Crippen LogP contribution in [0, 0.1) is 39.9 Å². The van der Waals surface area contributed by atoms with Crippen LogP contribution >= 0.6 is 0 Å². The molecule has 7 bridgehead atoms. The zero-order valence-electron chi connectivity index (χ0n) is 22.3. The van der Waals surface area contributed by atoms with Crippen LogP contribution in [0.15, 0.2) is 0 Å². The first-order chi connectivity index (χ1) is 16.1. The van der Waals surface area contributed by atoms with Crippen LogP contribution < -0.4 is 0 Å². The van der Waals surface area contributed by atoms with Crippen molar-refractivity contribution in [3.63, 3.8) is 0 Å². The molecule has 1 unspecified atom stereocenters. The van der Waals surface area contributed by atoms with Crippen LogP contribution in [-0.2, 0) is 14.3 Å². The smallest absolute Gasteiger partial charge is 0.166 e. The number of ether oxygens (including phenoxy) is 2. The maximum atomic E-state index is 14.1. The Bertz CT molecular complexity index is 903. The number of hydrogen-bond donors (Lipinski definition) is 0. The van der Waals surface area contributed by atoms with Gasteiger partial charge in [0.25, 0.3) is 0 Å². The van der Waals surface area contributed by atoms with Gasteiger partial charge in [-0.15, -0.1) is 0 Å². The van der Waals surface area contributed by atoms with E-state index in [0.29, 0.717) is 34.8 Å². The van der Waals surface area contributed by atoms with Crippen molar-refractivity contribution in [1.29, 1.82) is 0 Å². The summed E-state index contributed by atoms with van der Waals surface area (Å²) in [5.74, 6) is 3.11. The first-order valence-electron chi connectivity index (χ1n) is 14.7. The Balaban J connectivity index is 1.26. The number of carbonyl (C=O) groups excluding carboxylic acids is 1. The van der Waals surface area contributed by atoms with E-state index in [2.05, 4.69) is 39.5 Å². The molecular weight excluding hydrogens is 422 g/mol. The molecule has 0 amide bonds. The fraction of sp³-hybridized carbons (Fsp3) is 0.967. The van der Waals surface area contributed by atoms with Crippen molar-refractivity contribution in [3.05, 3.63) is 0 Å². The summed E-state index contributed by atoms with van der Waals surface area (Å²) < 4.78 is 12.4. The normalized spacial score (nSPS) is 59.0. The second kappa shape index (κ2) is 6.90. The molecule has 4 nitrogen and oxygen atoms in total. The van der Waals surface area contributed by atoms with E-state index in [1.54, 1.807) is 0 Å². The molecule has 2 saturated carbocycles. The average Bonchev–Trinajstić information content (AvgIpc) is 3.41. The highest BCUT2D eigenvalue weighted by Crippen LogP contribution is 2.79. The maximum Gasteiger partial charge on any atom is 0.166 e. The highest BCUT2D eigenvalue weighted by Gasteiger charge is 2.79. The Morgan fingerprint density at radius 1 is 1.03 bits per heavy atom. The number of hydrogen-bond acceptors (Lipinski definition) is 4. The Morgan fingerprint density at radius 3 is 2.65 bits per heavy atom. The average molecular weight is 470 g/mol. The van der Waals surface area contributed by atoms with Gasteiger partial charge in [0.2, 0.25) is 0 Å². The molecule has 0 aromatic rings. The fourth-order valence-electron chi connectivity index (χ4n) is 11.6. The highest BCUT2D eigenvalue weighted by atomic mass is 16.7. The standard InChI is InChI=1S/C30H47NO3/c1-19(2)21-9-13-27(4)20-8-15-29-12-6-7-22(29)30(27,25(21)31(29)17-20)16-10-23(32)26(3)18-33-28(5)14-11-24(26)34-28/h19-22,24-25H,6-18H2,1-5H3/t20-,21-,22-,24+,25+,26+,27-,28-,29-,30+/m0/s1. The molecule has 0 N–H and O–H groups in total. The summed E-state index contributed by atoms with van der Waals surface area (Å²) in [6.07, 6.45) is 13.6. The summed E-state index contributed by atoms with van der Waals surface area (Å²) in [5, 5.41) is 0. The van der Waals surface area contributed by atoms with Gasteiger partial charge in [-0.1, -0.05) is 27.2 Å². The molecule has 7 aliphatic rings. The summed E-state index contributed by atoms with van der Waals surface area (Å²) >= 11 is 0. The quantitative estimate of drug-likeness (QED) is 0.497. The van der Waals surface area contributed by atoms with Crippen LogP contribution in [0.5, 0.6) is 0 Å². The summed E-state index contributed by atoms with van der Waals surface area (Å²) in [7, 11) is 0. The van der Waals surface area contributed by atoms with Crippen LogP contribution in [0.4, 0.5) is 0 Å². The van der Waals surface area contributed by atoms with Crippen molar-refractivity contribution in [2.24, 2.45) is 39.9 Å². The Kier molecular flexibility index (Phi) is 4.61. The largest absolute Gasteiger partial charge is 0.349 e. The van der Waals surface area contributed by atoms with E-state index in [9.17, 15) is 4.79 Å². The molecule has 4 heteroatoms. The highest BCUT2D eigenvalue weighted by molar-refractivity contribution is 5.85. The monoisotopic (exact) mass is 469 g/mol. The van der Waals surface area contributed by atoms with Crippen LogP contribution in [-0.4, -0.2) is 47.3 Å². The molecule has 5 aliphatic heterocycles. The Hall–Kier alpha value is -0.450. The van der Waals surface area contributed by atoms with E-state index < -0.39 is 11.2 Å². The third-order valence-corrected chi connectivity index (χ3v) is 13.4. The van der Waals surface area contributed by atoms with Crippen molar-refractivity contribution in [3.8, 4) is 0 Å². The third-order valence-electron chi connectivity index (χ3n) is 13.4. The fourth-order valence-corrected chi connectivity index (χ4v) is 11.6.